The number of sulfonamides is 1. The first-order valence-electron chi connectivity index (χ1n) is 15.4. The molecule has 5 N–H and O–H groups in total. The molecular weight excluding hydrogens is 675 g/mol. The van der Waals surface area contributed by atoms with Crippen molar-refractivity contribution in [1.29, 1.82) is 5.41 Å². The maximum absolute atomic E-state index is 13.9. The number of anilines is 1. The van der Waals surface area contributed by atoms with Gasteiger partial charge in [-0.25, -0.2) is 13.4 Å². The highest BCUT2D eigenvalue weighted by atomic mass is 35.5. The maximum atomic E-state index is 13.9. The van der Waals surface area contributed by atoms with Gasteiger partial charge in [-0.2, -0.15) is 4.31 Å². The molecule has 1 atom stereocenters. The van der Waals surface area contributed by atoms with Crippen LogP contribution in [0.1, 0.15) is 48.1 Å². The second-order valence-electron chi connectivity index (χ2n) is 11.6. The Morgan fingerprint density at radius 2 is 1.85 bits per heavy atom. The number of rotatable bonds is 12. The predicted octanol–water partition coefficient (Wildman–Crippen LogP) is 5.71. The van der Waals surface area contributed by atoms with Crippen LogP contribution >= 0.6 is 23.2 Å². The van der Waals surface area contributed by atoms with E-state index < -0.39 is 22.0 Å². The first-order chi connectivity index (χ1) is 22.9. The van der Waals surface area contributed by atoms with Gasteiger partial charge in [-0.05, 0) is 87.2 Å². The summed E-state index contributed by atoms with van der Waals surface area (Å²) in [6.07, 6.45) is 1.33. The molecule has 1 aliphatic rings. The van der Waals surface area contributed by atoms with E-state index in [1.807, 2.05) is 32.0 Å². The summed E-state index contributed by atoms with van der Waals surface area (Å²) in [6, 6.07) is 16.0. The standard InChI is InChI=1S/C34H36Cl2N6O5S/c1-20-18-21(2)40-32-24(20)6-3-8-28(32)47-19-25-26(35)14-15-29(31(25)36)48(45,46)42-17-5-7-27(42)34(44)39-16-4-9-30(43)41-23-12-10-22(11-13-23)33(37)38/h3,6,8,10-15,18,27H,4-5,7,9,16-17,19H2,1-2H3,(H3,37,38)(H,39,44)(H,41,43). The second-order valence-corrected chi connectivity index (χ2v) is 14.2. The van der Waals surface area contributed by atoms with Gasteiger partial charge in [0.15, 0.2) is 0 Å². The zero-order valence-corrected chi connectivity index (χ0v) is 28.8. The van der Waals surface area contributed by atoms with Crippen LogP contribution < -0.4 is 21.1 Å². The number of aromatic nitrogens is 1. The Morgan fingerprint density at radius 1 is 1.10 bits per heavy atom. The number of amidine groups is 1. The topological polar surface area (TPSA) is 168 Å². The van der Waals surface area contributed by atoms with E-state index in [9.17, 15) is 18.0 Å². The number of benzene rings is 3. The van der Waals surface area contributed by atoms with Gasteiger partial charge in [0, 0.05) is 52.4 Å². The third-order valence-electron chi connectivity index (χ3n) is 8.11. The van der Waals surface area contributed by atoms with Gasteiger partial charge in [-0.1, -0.05) is 35.3 Å². The van der Waals surface area contributed by atoms with E-state index in [-0.39, 0.29) is 52.8 Å². The molecule has 2 amide bonds. The molecule has 1 unspecified atom stereocenters. The minimum Gasteiger partial charge on any atom is -0.487 e. The van der Waals surface area contributed by atoms with E-state index in [2.05, 4.69) is 15.6 Å². The number of nitrogens with one attached hydrogen (secondary N) is 3. The molecule has 14 heteroatoms. The van der Waals surface area contributed by atoms with Crippen molar-refractivity contribution in [2.75, 3.05) is 18.4 Å². The summed E-state index contributed by atoms with van der Waals surface area (Å²) in [5, 5.41) is 14.1. The summed E-state index contributed by atoms with van der Waals surface area (Å²) in [6.45, 7) is 4.13. The lowest BCUT2D eigenvalue weighted by Gasteiger charge is -2.24. The lowest BCUT2D eigenvalue weighted by atomic mass is 10.1. The summed E-state index contributed by atoms with van der Waals surface area (Å²) in [4.78, 5) is 30.0. The van der Waals surface area contributed by atoms with Crippen LogP contribution in [0.2, 0.25) is 10.0 Å². The lowest BCUT2D eigenvalue weighted by Crippen LogP contribution is -2.46. The number of carbonyl (C=O) groups is 2. The predicted molar refractivity (Wildman–Crippen MR) is 187 cm³/mol. The number of pyridine rings is 1. The molecule has 2 heterocycles. The zero-order chi connectivity index (χ0) is 34.6. The van der Waals surface area contributed by atoms with Crippen molar-refractivity contribution < 1.29 is 22.7 Å². The van der Waals surface area contributed by atoms with E-state index in [1.54, 1.807) is 30.3 Å². The van der Waals surface area contributed by atoms with Gasteiger partial charge >= 0.3 is 0 Å². The average molecular weight is 712 g/mol. The molecule has 1 aliphatic heterocycles. The molecular formula is C34H36Cl2N6O5S. The number of fused-ring (bicyclic) bond motifs is 1. The van der Waals surface area contributed by atoms with Crippen LogP contribution in [0.3, 0.4) is 0 Å². The number of aryl methyl sites for hydroxylation is 2. The van der Waals surface area contributed by atoms with Crippen molar-refractivity contribution in [2.24, 2.45) is 5.73 Å². The number of carbonyl (C=O) groups excluding carboxylic acids is 2. The van der Waals surface area contributed by atoms with Crippen molar-refractivity contribution in [1.82, 2.24) is 14.6 Å². The fourth-order valence-electron chi connectivity index (χ4n) is 5.68. The lowest BCUT2D eigenvalue weighted by molar-refractivity contribution is -0.124. The Hall–Kier alpha value is -4.23. The minimum atomic E-state index is -4.19. The van der Waals surface area contributed by atoms with Crippen LogP contribution in [-0.2, 0) is 26.2 Å². The van der Waals surface area contributed by atoms with Gasteiger partial charge in [0.1, 0.15) is 34.6 Å². The average Bonchev–Trinajstić information content (AvgIpc) is 3.55. The molecule has 0 saturated carbocycles. The molecule has 0 bridgehead atoms. The highest BCUT2D eigenvalue weighted by Crippen LogP contribution is 2.36. The van der Waals surface area contributed by atoms with Crippen LogP contribution in [0.15, 0.2) is 65.6 Å². The quantitative estimate of drug-likeness (QED) is 0.0830. The highest BCUT2D eigenvalue weighted by molar-refractivity contribution is 7.89. The van der Waals surface area contributed by atoms with Gasteiger partial charge in [-0.3, -0.25) is 15.0 Å². The smallest absolute Gasteiger partial charge is 0.245 e. The molecule has 1 fully saturated rings. The molecule has 11 nitrogen and oxygen atoms in total. The van der Waals surface area contributed by atoms with E-state index in [1.165, 1.54) is 16.4 Å². The van der Waals surface area contributed by atoms with Crippen LogP contribution in [0.4, 0.5) is 5.69 Å². The number of amides is 2. The van der Waals surface area contributed by atoms with Gasteiger partial charge in [0.05, 0.1) is 5.02 Å². The van der Waals surface area contributed by atoms with E-state index in [0.29, 0.717) is 47.3 Å². The summed E-state index contributed by atoms with van der Waals surface area (Å²) in [5.41, 5.74) is 9.43. The first-order valence-corrected chi connectivity index (χ1v) is 17.6. The number of nitrogens with zero attached hydrogens (tertiary/aromatic N) is 2. The fraction of sp³-hybridized carbons (Fsp3) is 0.294. The number of hydrogen-bond donors (Lipinski definition) is 4. The first kappa shape index (κ1) is 35.1. The third-order valence-corrected chi connectivity index (χ3v) is 11.0. The Labute approximate surface area is 289 Å². The molecule has 3 aromatic carbocycles. The van der Waals surface area contributed by atoms with Gasteiger partial charge in [0.25, 0.3) is 0 Å². The van der Waals surface area contributed by atoms with Crippen LogP contribution in [0.25, 0.3) is 10.9 Å². The molecule has 1 aromatic heterocycles. The van der Waals surface area contributed by atoms with Gasteiger partial charge in [-0.15, -0.1) is 0 Å². The van der Waals surface area contributed by atoms with Crippen molar-refractivity contribution in [3.8, 4) is 5.75 Å². The number of hydrogen-bond acceptors (Lipinski definition) is 7. The summed E-state index contributed by atoms with van der Waals surface area (Å²) in [7, 11) is -4.19. The normalized spacial score (nSPS) is 15.0. The minimum absolute atomic E-state index is 0.0660. The van der Waals surface area contributed by atoms with Crippen molar-refractivity contribution in [2.45, 2.75) is 57.1 Å². The number of ether oxygens (including phenoxy) is 1. The van der Waals surface area contributed by atoms with E-state index >= 15 is 0 Å². The second kappa shape index (κ2) is 14.9. The van der Waals surface area contributed by atoms with Crippen LogP contribution in [-0.4, -0.2) is 54.5 Å². The molecule has 0 radical (unpaired) electrons. The molecule has 48 heavy (non-hydrogen) atoms. The molecule has 0 spiro atoms. The SMILES string of the molecule is Cc1cc(C)c2cccc(OCc3c(Cl)ccc(S(=O)(=O)N4CCCC4C(=O)NCCCC(=O)Nc4ccc(C(=N)N)cc4)c3Cl)c2n1. The molecule has 1 saturated heterocycles. The van der Waals surface area contributed by atoms with Crippen LogP contribution in [0.5, 0.6) is 5.75 Å². The number of para-hydroxylation sites is 1. The van der Waals surface area contributed by atoms with E-state index in [0.717, 1.165) is 16.6 Å². The van der Waals surface area contributed by atoms with Crippen molar-refractivity contribution >= 4 is 67.5 Å². The Bertz CT molecular complexity index is 1990. The number of nitrogens with two attached hydrogens (primary N) is 1. The molecule has 252 valence electrons. The van der Waals surface area contributed by atoms with Crippen LogP contribution in [0, 0.1) is 19.3 Å². The number of nitrogen functional groups attached to an aromatic ring is 1. The van der Waals surface area contributed by atoms with Gasteiger partial charge in [0.2, 0.25) is 21.8 Å². The van der Waals surface area contributed by atoms with Gasteiger partial charge < -0.3 is 21.1 Å². The van der Waals surface area contributed by atoms with Crippen molar-refractivity contribution in [3.05, 3.63) is 93.1 Å². The van der Waals surface area contributed by atoms with Crippen molar-refractivity contribution in [3.63, 3.8) is 0 Å². The highest BCUT2D eigenvalue weighted by Gasteiger charge is 2.40. The number of halogens is 2. The Kier molecular flexibility index (Phi) is 10.9. The largest absolute Gasteiger partial charge is 0.487 e. The molecule has 0 aliphatic carbocycles. The Morgan fingerprint density at radius 3 is 2.58 bits per heavy atom. The maximum Gasteiger partial charge on any atom is 0.245 e. The van der Waals surface area contributed by atoms with E-state index in [4.69, 9.17) is 39.1 Å². The fourth-order valence-corrected chi connectivity index (χ4v) is 8.20. The third kappa shape index (κ3) is 7.73. The summed E-state index contributed by atoms with van der Waals surface area (Å²) >= 11 is 13.2. The zero-order valence-electron chi connectivity index (χ0n) is 26.5. The monoisotopic (exact) mass is 710 g/mol. The summed E-state index contributed by atoms with van der Waals surface area (Å²) < 4.78 is 35.1. The molecule has 5 rings (SSSR count). The Balaban J connectivity index is 1.22. The summed E-state index contributed by atoms with van der Waals surface area (Å²) in [5.74, 6) is -0.247. The molecule has 4 aromatic rings.